The van der Waals surface area contributed by atoms with E-state index in [1.54, 1.807) is 0 Å². The number of rotatable bonds is 5. The zero-order valence-electron chi connectivity index (χ0n) is 12.7. The highest BCUT2D eigenvalue weighted by molar-refractivity contribution is 5.66. The van der Waals surface area contributed by atoms with E-state index in [0.29, 0.717) is 6.04 Å². The maximum Gasteiger partial charge on any atom is 0.230 e. The summed E-state index contributed by atoms with van der Waals surface area (Å²) in [6.45, 7) is 6.25. The Balaban J connectivity index is 1.78. The summed E-state index contributed by atoms with van der Waals surface area (Å²) in [7, 11) is 0. The number of para-hydroxylation sites is 1. The minimum Gasteiger partial charge on any atom is -0.313 e. The summed E-state index contributed by atoms with van der Waals surface area (Å²) >= 11 is 0. The van der Waals surface area contributed by atoms with E-state index in [4.69, 9.17) is 0 Å². The third kappa shape index (κ3) is 2.90. The summed E-state index contributed by atoms with van der Waals surface area (Å²) in [5, 5.41) is 3.37. The molecule has 0 saturated carbocycles. The van der Waals surface area contributed by atoms with Crippen LogP contribution in [0.3, 0.4) is 0 Å². The highest BCUT2D eigenvalue weighted by atomic mass is 15.3. The van der Waals surface area contributed by atoms with Gasteiger partial charge in [-0.15, -0.1) is 0 Å². The van der Waals surface area contributed by atoms with E-state index in [1.807, 2.05) is 12.4 Å². The molecule has 1 atom stereocenters. The molecule has 0 amide bonds. The number of nitrogens with zero attached hydrogens (tertiary/aromatic N) is 3. The molecule has 4 nitrogen and oxygen atoms in total. The monoisotopic (exact) mass is 282 g/mol. The topological polar surface area (TPSA) is 41.1 Å². The molecule has 21 heavy (non-hydrogen) atoms. The SMILES string of the molecule is CCCNCc1cnc(N2c3ccccc3CC2C)nc1. The lowest BCUT2D eigenvalue weighted by Gasteiger charge is -2.22. The number of aromatic nitrogens is 2. The zero-order chi connectivity index (χ0) is 14.7. The van der Waals surface area contributed by atoms with Crippen molar-refractivity contribution in [1.82, 2.24) is 15.3 Å². The molecule has 1 aromatic heterocycles. The van der Waals surface area contributed by atoms with Gasteiger partial charge in [-0.2, -0.15) is 0 Å². The fourth-order valence-electron chi connectivity index (χ4n) is 2.84. The van der Waals surface area contributed by atoms with E-state index >= 15 is 0 Å². The Labute approximate surface area is 126 Å². The number of hydrogen-bond donors (Lipinski definition) is 1. The number of benzene rings is 1. The summed E-state index contributed by atoms with van der Waals surface area (Å²) in [5.41, 5.74) is 3.75. The van der Waals surface area contributed by atoms with Crippen molar-refractivity contribution in [3.63, 3.8) is 0 Å². The molecule has 0 spiro atoms. The van der Waals surface area contributed by atoms with Crippen LogP contribution in [0.5, 0.6) is 0 Å². The molecule has 4 heteroatoms. The normalized spacial score (nSPS) is 17.0. The van der Waals surface area contributed by atoms with Crippen LogP contribution >= 0.6 is 0 Å². The van der Waals surface area contributed by atoms with Crippen molar-refractivity contribution in [3.8, 4) is 0 Å². The van der Waals surface area contributed by atoms with Gasteiger partial charge in [-0.3, -0.25) is 0 Å². The van der Waals surface area contributed by atoms with Crippen LogP contribution in [-0.4, -0.2) is 22.6 Å². The number of fused-ring (bicyclic) bond motifs is 1. The summed E-state index contributed by atoms with van der Waals surface area (Å²) < 4.78 is 0. The van der Waals surface area contributed by atoms with E-state index in [-0.39, 0.29) is 0 Å². The molecule has 1 aliphatic rings. The van der Waals surface area contributed by atoms with Gasteiger partial charge in [0, 0.05) is 36.2 Å². The second kappa shape index (κ2) is 6.22. The lowest BCUT2D eigenvalue weighted by molar-refractivity contribution is 0.670. The first-order valence-corrected chi connectivity index (χ1v) is 7.68. The maximum atomic E-state index is 4.56. The van der Waals surface area contributed by atoms with Crippen LogP contribution < -0.4 is 10.2 Å². The van der Waals surface area contributed by atoms with Gasteiger partial charge in [-0.05, 0) is 37.9 Å². The second-order valence-electron chi connectivity index (χ2n) is 5.62. The Morgan fingerprint density at radius 3 is 2.76 bits per heavy atom. The Morgan fingerprint density at radius 2 is 2.00 bits per heavy atom. The van der Waals surface area contributed by atoms with Crippen molar-refractivity contribution in [2.75, 3.05) is 11.4 Å². The highest BCUT2D eigenvalue weighted by Gasteiger charge is 2.28. The van der Waals surface area contributed by atoms with Gasteiger partial charge in [-0.25, -0.2) is 9.97 Å². The predicted octanol–water partition coefficient (Wildman–Crippen LogP) is 3.06. The molecule has 0 radical (unpaired) electrons. The van der Waals surface area contributed by atoms with Gasteiger partial charge in [0.25, 0.3) is 0 Å². The van der Waals surface area contributed by atoms with Crippen molar-refractivity contribution < 1.29 is 0 Å². The smallest absolute Gasteiger partial charge is 0.230 e. The molecule has 3 rings (SSSR count). The molecule has 0 fully saturated rings. The largest absolute Gasteiger partial charge is 0.313 e. The third-order valence-corrected chi connectivity index (χ3v) is 3.87. The fourth-order valence-corrected chi connectivity index (χ4v) is 2.84. The minimum absolute atomic E-state index is 0.409. The van der Waals surface area contributed by atoms with Gasteiger partial charge >= 0.3 is 0 Å². The van der Waals surface area contributed by atoms with Gasteiger partial charge in [-0.1, -0.05) is 25.1 Å². The Hall–Kier alpha value is -1.94. The van der Waals surface area contributed by atoms with E-state index in [9.17, 15) is 0 Å². The first kappa shape index (κ1) is 14.0. The predicted molar refractivity (Wildman–Crippen MR) is 85.8 cm³/mol. The van der Waals surface area contributed by atoms with Crippen molar-refractivity contribution in [3.05, 3.63) is 47.8 Å². The molecule has 1 aromatic carbocycles. The van der Waals surface area contributed by atoms with Gasteiger partial charge in [0.2, 0.25) is 5.95 Å². The van der Waals surface area contributed by atoms with Crippen LogP contribution in [0.2, 0.25) is 0 Å². The van der Waals surface area contributed by atoms with E-state index in [1.165, 1.54) is 11.3 Å². The van der Waals surface area contributed by atoms with Crippen molar-refractivity contribution in [2.45, 2.75) is 39.3 Å². The van der Waals surface area contributed by atoms with Gasteiger partial charge in [0.05, 0.1) is 0 Å². The van der Waals surface area contributed by atoms with Crippen LogP contribution in [0.1, 0.15) is 31.4 Å². The van der Waals surface area contributed by atoms with Gasteiger partial charge in [0.1, 0.15) is 0 Å². The average Bonchev–Trinajstić information content (AvgIpc) is 2.84. The minimum atomic E-state index is 0.409. The van der Waals surface area contributed by atoms with E-state index in [0.717, 1.165) is 37.4 Å². The molecule has 1 unspecified atom stereocenters. The fraction of sp³-hybridized carbons (Fsp3) is 0.412. The summed E-state index contributed by atoms with van der Waals surface area (Å²) in [5.74, 6) is 0.798. The van der Waals surface area contributed by atoms with Gasteiger partial charge < -0.3 is 10.2 Å². The van der Waals surface area contributed by atoms with Crippen LogP contribution in [0.4, 0.5) is 11.6 Å². The lowest BCUT2D eigenvalue weighted by Crippen LogP contribution is -2.26. The number of nitrogens with one attached hydrogen (secondary N) is 1. The Bertz CT molecular complexity index is 594. The molecular formula is C17H22N4. The summed E-state index contributed by atoms with van der Waals surface area (Å²) in [6.07, 6.45) is 6.05. The van der Waals surface area contributed by atoms with Crippen molar-refractivity contribution in [2.24, 2.45) is 0 Å². The molecule has 0 aliphatic carbocycles. The van der Waals surface area contributed by atoms with Crippen LogP contribution in [0, 0.1) is 0 Å². The quantitative estimate of drug-likeness (QED) is 0.856. The highest BCUT2D eigenvalue weighted by Crippen LogP contribution is 2.35. The van der Waals surface area contributed by atoms with Crippen molar-refractivity contribution in [1.29, 1.82) is 0 Å². The average molecular weight is 282 g/mol. The maximum absolute atomic E-state index is 4.56. The second-order valence-corrected chi connectivity index (χ2v) is 5.62. The Kier molecular flexibility index (Phi) is 4.15. The first-order valence-electron chi connectivity index (χ1n) is 7.68. The van der Waals surface area contributed by atoms with E-state index < -0.39 is 0 Å². The Morgan fingerprint density at radius 1 is 1.24 bits per heavy atom. The molecular weight excluding hydrogens is 260 g/mol. The number of anilines is 2. The third-order valence-electron chi connectivity index (χ3n) is 3.87. The molecule has 1 N–H and O–H groups in total. The van der Waals surface area contributed by atoms with Gasteiger partial charge in [0.15, 0.2) is 0 Å². The van der Waals surface area contributed by atoms with E-state index in [2.05, 4.69) is 58.3 Å². The molecule has 1 aliphatic heterocycles. The lowest BCUT2D eigenvalue weighted by atomic mass is 10.1. The molecule has 110 valence electrons. The molecule has 0 saturated heterocycles. The summed E-state index contributed by atoms with van der Waals surface area (Å²) in [6, 6.07) is 8.92. The first-order chi connectivity index (χ1) is 10.3. The van der Waals surface area contributed by atoms with Crippen LogP contribution in [0.25, 0.3) is 0 Å². The van der Waals surface area contributed by atoms with Crippen LogP contribution in [0.15, 0.2) is 36.7 Å². The zero-order valence-corrected chi connectivity index (χ0v) is 12.7. The molecule has 0 bridgehead atoms. The molecule has 2 heterocycles. The van der Waals surface area contributed by atoms with Crippen molar-refractivity contribution >= 4 is 11.6 Å². The number of hydrogen-bond acceptors (Lipinski definition) is 4. The standard InChI is InChI=1S/C17H22N4/c1-3-8-18-10-14-11-19-17(20-12-14)21-13(2)9-15-6-4-5-7-16(15)21/h4-7,11-13,18H,3,8-10H2,1-2H3. The van der Waals surface area contributed by atoms with Crippen LogP contribution in [-0.2, 0) is 13.0 Å². The molecule has 2 aromatic rings. The summed E-state index contributed by atoms with van der Waals surface area (Å²) in [4.78, 5) is 11.4.